The van der Waals surface area contributed by atoms with Crippen LogP contribution in [-0.4, -0.2) is 26.9 Å². The number of rotatable bonds is 6. The van der Waals surface area contributed by atoms with Crippen LogP contribution in [0.15, 0.2) is 82.7 Å². The van der Waals surface area contributed by atoms with Crippen molar-refractivity contribution in [3.05, 3.63) is 88.9 Å². The third kappa shape index (κ3) is 4.08. The maximum absolute atomic E-state index is 14.2. The van der Waals surface area contributed by atoms with Crippen molar-refractivity contribution in [1.29, 1.82) is 0 Å². The van der Waals surface area contributed by atoms with E-state index in [1.165, 1.54) is 43.1 Å². The highest BCUT2D eigenvalue weighted by Crippen LogP contribution is 2.43. The van der Waals surface area contributed by atoms with Crippen LogP contribution in [0.3, 0.4) is 0 Å². The third-order valence-electron chi connectivity index (χ3n) is 4.56. The van der Waals surface area contributed by atoms with Crippen LogP contribution in [0.25, 0.3) is 16.9 Å². The Morgan fingerprint density at radius 3 is 2.52 bits per heavy atom. The summed E-state index contributed by atoms with van der Waals surface area (Å²) in [6, 6.07) is 17.2. The summed E-state index contributed by atoms with van der Waals surface area (Å²) in [4.78, 5) is 11.5. The second kappa shape index (κ2) is 8.49. The molecule has 3 aromatic carbocycles. The van der Waals surface area contributed by atoms with Crippen LogP contribution >= 0.6 is 11.8 Å². The first-order valence-electron chi connectivity index (χ1n) is 9.10. The van der Waals surface area contributed by atoms with Gasteiger partial charge in [-0.25, -0.2) is 9.07 Å². The first-order chi connectivity index (χ1) is 15.0. The topological polar surface area (TPSA) is 90.4 Å². The van der Waals surface area contributed by atoms with E-state index < -0.39 is 4.92 Å². The fourth-order valence-electron chi connectivity index (χ4n) is 3.07. The van der Waals surface area contributed by atoms with Crippen LogP contribution in [-0.2, 0) is 0 Å². The smallest absolute Gasteiger partial charge is 0.269 e. The molecule has 0 saturated carbocycles. The van der Waals surface area contributed by atoms with E-state index >= 15 is 0 Å². The maximum atomic E-state index is 14.2. The number of ether oxygens (including phenoxy) is 1. The fraction of sp³-hybridized carbons (Fsp3) is 0.0455. The zero-order valence-corrected chi connectivity index (χ0v) is 17.0. The molecule has 31 heavy (non-hydrogen) atoms. The number of nitrogens with zero attached hydrogens (tertiary/aromatic N) is 3. The highest BCUT2D eigenvalue weighted by molar-refractivity contribution is 7.99. The highest BCUT2D eigenvalue weighted by atomic mass is 32.2. The maximum Gasteiger partial charge on any atom is 0.269 e. The summed E-state index contributed by atoms with van der Waals surface area (Å²) in [5.74, 6) is -0.00519. The average Bonchev–Trinajstić information content (AvgIpc) is 3.25. The Bertz CT molecular complexity index is 1260. The molecule has 0 radical (unpaired) electrons. The molecule has 0 spiro atoms. The second-order valence-electron chi connectivity index (χ2n) is 6.45. The standard InChI is InChI=1S/C22H16FN3O4S/c1-30-20-13-19(27)16(12-22(20)31-21-5-3-2-4-17(21)23)18-10-11-24-25(18)14-6-8-15(9-7-14)26(28)29/h2-13,27H,1H3. The van der Waals surface area contributed by atoms with Gasteiger partial charge in [-0.3, -0.25) is 10.1 Å². The van der Waals surface area contributed by atoms with Gasteiger partial charge in [0.15, 0.2) is 0 Å². The van der Waals surface area contributed by atoms with Crippen LogP contribution in [0.4, 0.5) is 10.1 Å². The van der Waals surface area contributed by atoms with Crippen molar-refractivity contribution in [2.24, 2.45) is 0 Å². The van der Waals surface area contributed by atoms with E-state index in [1.807, 2.05) is 0 Å². The summed E-state index contributed by atoms with van der Waals surface area (Å²) in [6.07, 6.45) is 1.56. The number of nitro benzene ring substituents is 1. The van der Waals surface area contributed by atoms with Gasteiger partial charge in [-0.1, -0.05) is 23.9 Å². The molecule has 0 fully saturated rings. The molecule has 0 aliphatic heterocycles. The fourth-order valence-corrected chi connectivity index (χ4v) is 4.04. The number of aromatic nitrogens is 2. The summed E-state index contributed by atoms with van der Waals surface area (Å²) in [5, 5.41) is 25.8. The van der Waals surface area contributed by atoms with Gasteiger partial charge in [-0.15, -0.1) is 0 Å². The van der Waals surface area contributed by atoms with Crippen LogP contribution in [0, 0.1) is 15.9 Å². The number of aromatic hydroxyl groups is 1. The molecule has 0 unspecified atom stereocenters. The van der Waals surface area contributed by atoms with Crippen molar-refractivity contribution in [3.63, 3.8) is 0 Å². The van der Waals surface area contributed by atoms with Crippen molar-refractivity contribution in [3.8, 4) is 28.4 Å². The average molecular weight is 437 g/mol. The van der Waals surface area contributed by atoms with Crippen molar-refractivity contribution in [1.82, 2.24) is 9.78 Å². The number of benzene rings is 3. The van der Waals surface area contributed by atoms with Gasteiger partial charge in [0, 0.05) is 28.7 Å². The molecule has 4 aromatic rings. The van der Waals surface area contributed by atoms with Crippen molar-refractivity contribution in [2.75, 3.05) is 7.11 Å². The predicted molar refractivity (Wildman–Crippen MR) is 114 cm³/mol. The van der Waals surface area contributed by atoms with E-state index in [0.29, 0.717) is 32.5 Å². The van der Waals surface area contributed by atoms with E-state index in [-0.39, 0.29) is 17.3 Å². The van der Waals surface area contributed by atoms with Crippen molar-refractivity contribution >= 4 is 17.4 Å². The molecule has 4 rings (SSSR count). The number of halogens is 1. The van der Waals surface area contributed by atoms with Gasteiger partial charge >= 0.3 is 0 Å². The molecule has 0 amide bonds. The van der Waals surface area contributed by atoms with E-state index in [9.17, 15) is 19.6 Å². The van der Waals surface area contributed by atoms with Crippen LogP contribution in [0.2, 0.25) is 0 Å². The summed E-state index contributed by atoms with van der Waals surface area (Å²) in [6.45, 7) is 0. The van der Waals surface area contributed by atoms with Crippen molar-refractivity contribution < 1.29 is 19.2 Å². The second-order valence-corrected chi connectivity index (χ2v) is 7.54. The Hall–Kier alpha value is -3.85. The van der Waals surface area contributed by atoms with E-state index in [1.54, 1.807) is 53.3 Å². The molecule has 1 aromatic heterocycles. The Kier molecular flexibility index (Phi) is 5.59. The van der Waals surface area contributed by atoms with Crippen LogP contribution in [0.5, 0.6) is 11.5 Å². The van der Waals surface area contributed by atoms with Gasteiger partial charge in [0.1, 0.15) is 17.3 Å². The Labute approximate surface area is 180 Å². The Morgan fingerprint density at radius 2 is 1.84 bits per heavy atom. The molecule has 0 saturated heterocycles. The molecule has 1 heterocycles. The quantitative estimate of drug-likeness (QED) is 0.319. The molecular formula is C22H16FN3O4S. The monoisotopic (exact) mass is 437 g/mol. The summed E-state index contributed by atoms with van der Waals surface area (Å²) >= 11 is 1.18. The van der Waals surface area contributed by atoms with Gasteiger partial charge in [-0.05, 0) is 36.4 Å². The molecule has 0 aliphatic carbocycles. The largest absolute Gasteiger partial charge is 0.507 e. The molecular weight excluding hydrogens is 421 g/mol. The summed E-state index contributed by atoms with van der Waals surface area (Å²) < 4.78 is 21.1. The number of hydrogen-bond donors (Lipinski definition) is 1. The lowest BCUT2D eigenvalue weighted by Gasteiger charge is -2.14. The Morgan fingerprint density at radius 1 is 1.10 bits per heavy atom. The number of phenols is 1. The lowest BCUT2D eigenvalue weighted by atomic mass is 10.1. The minimum absolute atomic E-state index is 0.0340. The van der Waals surface area contributed by atoms with E-state index in [2.05, 4.69) is 5.10 Å². The molecule has 1 N–H and O–H groups in total. The first-order valence-corrected chi connectivity index (χ1v) is 9.92. The zero-order valence-electron chi connectivity index (χ0n) is 16.2. The zero-order chi connectivity index (χ0) is 22.0. The van der Waals surface area contributed by atoms with Crippen LogP contribution in [0.1, 0.15) is 0 Å². The SMILES string of the molecule is COc1cc(O)c(-c2ccnn2-c2ccc([N+](=O)[O-])cc2)cc1Sc1ccccc1F. The van der Waals surface area contributed by atoms with Gasteiger partial charge in [0.2, 0.25) is 0 Å². The van der Waals surface area contributed by atoms with E-state index in [0.717, 1.165) is 0 Å². The van der Waals surface area contributed by atoms with E-state index in [4.69, 9.17) is 4.74 Å². The number of nitro groups is 1. The highest BCUT2D eigenvalue weighted by Gasteiger charge is 2.18. The minimum atomic E-state index is -0.477. The summed E-state index contributed by atoms with van der Waals surface area (Å²) in [7, 11) is 1.47. The van der Waals surface area contributed by atoms with Gasteiger partial charge in [-0.2, -0.15) is 5.10 Å². The first kappa shape index (κ1) is 20.4. The van der Waals surface area contributed by atoms with Gasteiger partial charge in [0.25, 0.3) is 5.69 Å². The van der Waals surface area contributed by atoms with Gasteiger partial charge < -0.3 is 9.84 Å². The molecule has 156 valence electrons. The lowest BCUT2D eigenvalue weighted by molar-refractivity contribution is -0.384. The predicted octanol–water partition coefficient (Wildman–Crippen LogP) is 5.45. The number of methoxy groups -OCH3 is 1. The Balaban J connectivity index is 1.78. The lowest BCUT2D eigenvalue weighted by Crippen LogP contribution is -2.00. The molecule has 9 heteroatoms. The number of hydrogen-bond acceptors (Lipinski definition) is 6. The molecule has 7 nitrogen and oxygen atoms in total. The molecule has 0 atom stereocenters. The number of phenolic OH excluding ortho intramolecular Hbond substituents is 1. The van der Waals surface area contributed by atoms with Crippen molar-refractivity contribution in [2.45, 2.75) is 9.79 Å². The number of non-ortho nitro benzene ring substituents is 1. The molecule has 0 bridgehead atoms. The van der Waals surface area contributed by atoms with Crippen LogP contribution < -0.4 is 4.74 Å². The normalized spacial score (nSPS) is 10.8. The van der Waals surface area contributed by atoms with Gasteiger partial charge in [0.05, 0.1) is 34.5 Å². The third-order valence-corrected chi connectivity index (χ3v) is 5.65. The summed E-state index contributed by atoms with van der Waals surface area (Å²) in [5.41, 5.74) is 1.57. The molecule has 0 aliphatic rings. The minimum Gasteiger partial charge on any atom is -0.507 e.